The molecule has 30 heavy (non-hydrogen) atoms. The molecule has 0 bridgehead atoms. The second-order valence-corrected chi connectivity index (χ2v) is 7.69. The topological polar surface area (TPSA) is 103 Å². The van der Waals surface area contributed by atoms with Crippen molar-refractivity contribution in [2.24, 2.45) is 0 Å². The number of benzene rings is 2. The Hall–Kier alpha value is -3.46. The first-order chi connectivity index (χ1) is 14.6. The van der Waals surface area contributed by atoms with Crippen molar-refractivity contribution in [1.82, 2.24) is 14.9 Å². The minimum atomic E-state index is -0.562. The number of oxazole rings is 1. The van der Waals surface area contributed by atoms with Crippen molar-refractivity contribution in [3.05, 3.63) is 64.1 Å². The summed E-state index contributed by atoms with van der Waals surface area (Å²) in [5.74, 6) is -1.47. The normalized spacial score (nSPS) is 11.1. The molecule has 2 aromatic heterocycles. The summed E-state index contributed by atoms with van der Waals surface area (Å²) in [4.78, 5) is 40.2. The summed E-state index contributed by atoms with van der Waals surface area (Å²) in [5.41, 5.74) is 2.02. The van der Waals surface area contributed by atoms with Crippen LogP contribution in [0.2, 0.25) is 0 Å². The Morgan fingerprint density at radius 3 is 2.80 bits per heavy atom. The number of aromatic nitrogens is 2. The van der Waals surface area contributed by atoms with Gasteiger partial charge < -0.3 is 14.5 Å². The summed E-state index contributed by atoms with van der Waals surface area (Å²) in [7, 11) is 0. The number of aryl methyl sites for hydroxylation is 1. The number of hydrogen-bond donors (Lipinski definition) is 1. The second kappa shape index (κ2) is 8.91. The Labute approximate surface area is 175 Å². The van der Waals surface area contributed by atoms with Crippen LogP contribution in [0, 0.1) is 0 Å². The van der Waals surface area contributed by atoms with Crippen LogP contribution in [0.5, 0.6) is 0 Å². The van der Waals surface area contributed by atoms with Gasteiger partial charge in [-0.25, -0.2) is 9.78 Å². The molecule has 4 rings (SSSR count). The molecule has 1 N–H and O–H groups in total. The Kier molecular flexibility index (Phi) is 5.89. The third kappa shape index (κ3) is 4.57. The molecule has 154 valence electrons. The number of hydrogen-bond acceptors (Lipinski definition) is 7. The molecule has 0 unspecified atom stereocenters. The van der Waals surface area contributed by atoms with Crippen molar-refractivity contribution < 1.29 is 18.7 Å². The number of fused-ring (bicyclic) bond motifs is 2. The molecule has 2 heterocycles. The number of carbonyl (C=O) groups is 2. The Bertz CT molecular complexity index is 1220. The number of rotatable bonds is 8. The van der Waals surface area contributed by atoms with Gasteiger partial charge in [0.15, 0.2) is 12.2 Å². The van der Waals surface area contributed by atoms with Gasteiger partial charge in [0, 0.05) is 19.5 Å². The lowest BCUT2D eigenvalue weighted by Gasteiger charge is -2.06. The number of esters is 1. The largest absolute Gasteiger partial charge is 0.456 e. The van der Waals surface area contributed by atoms with Crippen LogP contribution in [0.1, 0.15) is 11.4 Å². The molecule has 0 saturated heterocycles. The number of ether oxygens (including phenoxy) is 1. The Morgan fingerprint density at radius 2 is 1.93 bits per heavy atom. The molecule has 0 aliphatic carbocycles. The summed E-state index contributed by atoms with van der Waals surface area (Å²) in [6.07, 6.45) is 0.567. The first-order valence-corrected chi connectivity index (χ1v) is 10.3. The third-order valence-electron chi connectivity index (χ3n) is 4.48. The molecular weight excluding hydrogens is 406 g/mol. The molecule has 2 aromatic carbocycles. The monoisotopic (exact) mass is 425 g/mol. The maximum atomic E-state index is 11.9. The van der Waals surface area contributed by atoms with E-state index in [0.717, 1.165) is 15.2 Å². The predicted octanol–water partition coefficient (Wildman–Crippen LogP) is 2.50. The Balaban J connectivity index is 1.19. The fourth-order valence-electron chi connectivity index (χ4n) is 3.03. The molecule has 9 heteroatoms. The SMILES string of the molecule is O=C(COC(=O)CCn1c(=O)oc2ccccc21)NCCc1nc2ccccc2s1. The van der Waals surface area contributed by atoms with Gasteiger partial charge in [0.2, 0.25) is 0 Å². The van der Waals surface area contributed by atoms with Crippen molar-refractivity contribution in [2.45, 2.75) is 19.4 Å². The lowest BCUT2D eigenvalue weighted by Crippen LogP contribution is -2.30. The Morgan fingerprint density at radius 1 is 1.13 bits per heavy atom. The van der Waals surface area contributed by atoms with Crippen molar-refractivity contribution >= 4 is 44.5 Å². The van der Waals surface area contributed by atoms with E-state index in [0.29, 0.717) is 24.1 Å². The van der Waals surface area contributed by atoms with E-state index in [1.807, 2.05) is 24.3 Å². The lowest BCUT2D eigenvalue weighted by molar-refractivity contribution is -0.148. The highest BCUT2D eigenvalue weighted by Crippen LogP contribution is 2.21. The minimum absolute atomic E-state index is 0.0393. The van der Waals surface area contributed by atoms with E-state index in [2.05, 4.69) is 10.3 Å². The lowest BCUT2D eigenvalue weighted by atomic mass is 10.3. The molecule has 0 saturated carbocycles. The van der Waals surface area contributed by atoms with Crippen LogP contribution in [0.25, 0.3) is 21.3 Å². The van der Waals surface area contributed by atoms with Crippen LogP contribution in [0.4, 0.5) is 0 Å². The molecule has 8 nitrogen and oxygen atoms in total. The summed E-state index contributed by atoms with van der Waals surface area (Å²) < 4.78 is 12.6. The van der Waals surface area contributed by atoms with Crippen LogP contribution in [-0.2, 0) is 27.3 Å². The first-order valence-electron chi connectivity index (χ1n) is 9.45. The fraction of sp³-hybridized carbons (Fsp3) is 0.238. The number of nitrogens with zero attached hydrogens (tertiary/aromatic N) is 2. The maximum absolute atomic E-state index is 11.9. The summed E-state index contributed by atoms with van der Waals surface area (Å²) in [6.45, 7) is 0.167. The minimum Gasteiger partial charge on any atom is -0.456 e. The molecule has 0 atom stereocenters. The summed E-state index contributed by atoms with van der Waals surface area (Å²) >= 11 is 1.59. The quantitative estimate of drug-likeness (QED) is 0.435. The maximum Gasteiger partial charge on any atom is 0.419 e. The number of amides is 1. The van der Waals surface area contributed by atoms with Gasteiger partial charge in [-0.1, -0.05) is 24.3 Å². The van der Waals surface area contributed by atoms with E-state index >= 15 is 0 Å². The van der Waals surface area contributed by atoms with Gasteiger partial charge in [0.25, 0.3) is 5.91 Å². The van der Waals surface area contributed by atoms with Crippen molar-refractivity contribution in [3.8, 4) is 0 Å². The zero-order chi connectivity index (χ0) is 20.9. The average molecular weight is 425 g/mol. The standard InChI is InChI=1S/C21H19N3O5S/c25-18(22-11-9-19-23-14-5-1-4-8-17(14)30-19)13-28-20(26)10-12-24-15-6-2-3-7-16(15)29-21(24)27/h1-8H,9-13H2,(H,22,25). The molecule has 0 aliphatic rings. The van der Waals surface area contributed by atoms with Gasteiger partial charge in [-0.05, 0) is 24.3 Å². The number of nitrogens with one attached hydrogen (secondary N) is 1. The number of para-hydroxylation sites is 3. The van der Waals surface area contributed by atoms with Crippen LogP contribution in [0.3, 0.4) is 0 Å². The van der Waals surface area contributed by atoms with E-state index < -0.39 is 11.7 Å². The van der Waals surface area contributed by atoms with Gasteiger partial charge >= 0.3 is 11.7 Å². The van der Waals surface area contributed by atoms with Crippen LogP contribution in [-0.4, -0.2) is 34.6 Å². The van der Waals surface area contributed by atoms with Gasteiger partial charge in [-0.15, -0.1) is 11.3 Å². The fourth-order valence-corrected chi connectivity index (χ4v) is 4.00. The number of thiazole rings is 1. The van der Waals surface area contributed by atoms with Gasteiger partial charge in [0.05, 0.1) is 27.2 Å². The molecule has 0 spiro atoms. The van der Waals surface area contributed by atoms with Gasteiger partial charge in [-0.2, -0.15) is 0 Å². The van der Waals surface area contributed by atoms with Crippen LogP contribution >= 0.6 is 11.3 Å². The molecule has 1 amide bonds. The van der Waals surface area contributed by atoms with E-state index in [1.165, 1.54) is 4.57 Å². The molecule has 0 fully saturated rings. The first kappa shape index (κ1) is 19.8. The highest BCUT2D eigenvalue weighted by Gasteiger charge is 2.12. The second-order valence-electron chi connectivity index (χ2n) is 6.57. The smallest absolute Gasteiger partial charge is 0.419 e. The zero-order valence-electron chi connectivity index (χ0n) is 16.0. The number of carbonyl (C=O) groups excluding carboxylic acids is 2. The van der Waals surface area contributed by atoms with E-state index in [4.69, 9.17) is 9.15 Å². The average Bonchev–Trinajstić information content (AvgIpc) is 3.30. The molecule has 4 aromatic rings. The summed E-state index contributed by atoms with van der Waals surface area (Å²) in [6, 6.07) is 14.8. The summed E-state index contributed by atoms with van der Waals surface area (Å²) in [5, 5.41) is 3.65. The zero-order valence-corrected chi connectivity index (χ0v) is 16.8. The van der Waals surface area contributed by atoms with Crippen LogP contribution < -0.4 is 11.1 Å². The van der Waals surface area contributed by atoms with Gasteiger partial charge in [0.1, 0.15) is 0 Å². The van der Waals surface area contributed by atoms with Crippen molar-refractivity contribution in [2.75, 3.05) is 13.2 Å². The third-order valence-corrected chi connectivity index (χ3v) is 5.57. The van der Waals surface area contributed by atoms with Crippen molar-refractivity contribution in [1.29, 1.82) is 0 Å². The molecule has 0 aliphatic heterocycles. The van der Waals surface area contributed by atoms with E-state index in [-0.39, 0.29) is 25.5 Å². The van der Waals surface area contributed by atoms with Crippen LogP contribution in [0.15, 0.2) is 57.7 Å². The van der Waals surface area contributed by atoms with Gasteiger partial charge in [-0.3, -0.25) is 14.2 Å². The molecular formula is C21H19N3O5S. The predicted molar refractivity (Wildman–Crippen MR) is 112 cm³/mol. The molecule has 0 radical (unpaired) electrons. The van der Waals surface area contributed by atoms with Crippen molar-refractivity contribution in [3.63, 3.8) is 0 Å². The highest BCUT2D eigenvalue weighted by atomic mass is 32.1. The highest BCUT2D eigenvalue weighted by molar-refractivity contribution is 7.18. The van der Waals surface area contributed by atoms with E-state index in [9.17, 15) is 14.4 Å². The van der Waals surface area contributed by atoms with E-state index in [1.54, 1.807) is 35.6 Å².